The number of carbonyl (C=O) groups excluding carboxylic acids is 1. The zero-order valence-electron chi connectivity index (χ0n) is 23.1. The van der Waals surface area contributed by atoms with Crippen molar-refractivity contribution in [2.24, 2.45) is 0 Å². The van der Waals surface area contributed by atoms with Gasteiger partial charge in [0.15, 0.2) is 5.65 Å². The predicted molar refractivity (Wildman–Crippen MR) is 159 cm³/mol. The van der Waals surface area contributed by atoms with Crippen molar-refractivity contribution in [2.45, 2.75) is 40.2 Å². The second kappa shape index (κ2) is 11.1. The third kappa shape index (κ3) is 5.97. The maximum atomic E-state index is 12.5. The van der Waals surface area contributed by atoms with Gasteiger partial charge >= 0.3 is 0 Å². The summed E-state index contributed by atoms with van der Waals surface area (Å²) in [5, 5.41) is 0. The van der Waals surface area contributed by atoms with E-state index in [1.807, 2.05) is 61.5 Å². The van der Waals surface area contributed by atoms with Gasteiger partial charge in [-0.3, -0.25) is 9.52 Å². The molecule has 7 nitrogen and oxygen atoms in total. The van der Waals surface area contributed by atoms with Crippen LogP contribution in [0, 0.1) is 13.8 Å². The molecule has 0 spiro atoms. The number of amides is 1. The zero-order chi connectivity index (χ0) is 28.4. The van der Waals surface area contributed by atoms with Gasteiger partial charge in [0, 0.05) is 12.1 Å². The van der Waals surface area contributed by atoms with E-state index in [4.69, 9.17) is 9.97 Å². The van der Waals surface area contributed by atoms with E-state index in [-0.39, 0.29) is 6.42 Å². The number of imidazole rings is 1. The quantitative estimate of drug-likeness (QED) is 0.270. The Balaban J connectivity index is 1.51. The van der Waals surface area contributed by atoms with Crippen molar-refractivity contribution >= 4 is 27.1 Å². The number of aryl methyl sites for hydroxylation is 3. The Morgan fingerprint density at radius 3 is 2.25 bits per heavy atom. The molecule has 8 heteroatoms. The fourth-order valence-corrected chi connectivity index (χ4v) is 5.57. The number of carbonyl (C=O) groups is 1. The minimum Gasteiger partial charge on any atom is -0.308 e. The average molecular weight is 553 g/mol. The van der Waals surface area contributed by atoms with Gasteiger partial charge in [-0.25, -0.2) is 18.4 Å². The molecular formula is C32H32N4O3S. The van der Waals surface area contributed by atoms with Crippen LogP contribution in [0.15, 0.2) is 78.9 Å². The fourth-order valence-electron chi connectivity index (χ4n) is 5.08. The average Bonchev–Trinajstić information content (AvgIpc) is 3.26. The summed E-state index contributed by atoms with van der Waals surface area (Å²) in [6.07, 6.45) is 1.73. The van der Waals surface area contributed by atoms with Crippen LogP contribution in [-0.4, -0.2) is 35.1 Å². The van der Waals surface area contributed by atoms with Crippen LogP contribution in [0.5, 0.6) is 0 Å². The molecule has 0 unspecified atom stereocenters. The smallest absolute Gasteiger partial charge is 0.237 e. The molecule has 3 aromatic carbocycles. The largest absolute Gasteiger partial charge is 0.308 e. The first-order valence-corrected chi connectivity index (χ1v) is 15.1. The Hall–Kier alpha value is -4.30. The Bertz CT molecular complexity index is 1810. The summed E-state index contributed by atoms with van der Waals surface area (Å²) in [5.74, 6) is 0.431. The first-order valence-electron chi connectivity index (χ1n) is 13.2. The molecule has 0 saturated heterocycles. The number of nitrogens with one attached hydrogen (secondary N) is 1. The molecule has 5 aromatic rings. The number of nitrogens with zero attached hydrogens (tertiary/aromatic N) is 3. The number of rotatable bonds is 8. The van der Waals surface area contributed by atoms with Crippen LogP contribution in [0.1, 0.15) is 35.1 Å². The summed E-state index contributed by atoms with van der Waals surface area (Å²) in [4.78, 5) is 22.2. The molecule has 0 aliphatic rings. The molecule has 0 saturated carbocycles. The Morgan fingerprint density at radius 2 is 1.57 bits per heavy atom. The Kier molecular flexibility index (Phi) is 7.54. The monoisotopic (exact) mass is 552 g/mol. The third-order valence-electron chi connectivity index (χ3n) is 6.89. The number of hydrogen-bond acceptors (Lipinski definition) is 5. The second-order valence-corrected chi connectivity index (χ2v) is 11.9. The van der Waals surface area contributed by atoms with Crippen LogP contribution in [-0.2, 0) is 34.2 Å². The van der Waals surface area contributed by atoms with Gasteiger partial charge in [0.1, 0.15) is 11.3 Å². The van der Waals surface area contributed by atoms with E-state index < -0.39 is 15.9 Å². The van der Waals surface area contributed by atoms with E-state index in [0.29, 0.717) is 6.54 Å². The number of pyridine rings is 1. The van der Waals surface area contributed by atoms with E-state index in [0.717, 1.165) is 74.3 Å². The highest BCUT2D eigenvalue weighted by Gasteiger charge is 2.16. The number of fused-ring (bicyclic) bond motifs is 1. The number of hydrogen-bond donors (Lipinski definition) is 1. The molecule has 204 valence electrons. The van der Waals surface area contributed by atoms with Crippen molar-refractivity contribution in [1.82, 2.24) is 19.3 Å². The van der Waals surface area contributed by atoms with Gasteiger partial charge in [-0.05, 0) is 64.9 Å². The van der Waals surface area contributed by atoms with Crippen LogP contribution in [0.2, 0.25) is 0 Å². The van der Waals surface area contributed by atoms with Crippen molar-refractivity contribution in [2.75, 3.05) is 6.26 Å². The lowest BCUT2D eigenvalue weighted by atomic mass is 9.92. The highest BCUT2D eigenvalue weighted by atomic mass is 32.2. The van der Waals surface area contributed by atoms with Crippen molar-refractivity contribution < 1.29 is 13.2 Å². The molecule has 0 aliphatic heterocycles. The summed E-state index contributed by atoms with van der Waals surface area (Å²) in [7, 11) is -3.64. The zero-order valence-corrected chi connectivity index (χ0v) is 23.9. The Morgan fingerprint density at radius 1 is 0.875 bits per heavy atom. The molecule has 2 aromatic heterocycles. The van der Waals surface area contributed by atoms with Gasteiger partial charge in [-0.15, -0.1) is 0 Å². The van der Waals surface area contributed by atoms with Gasteiger partial charge < -0.3 is 4.57 Å². The van der Waals surface area contributed by atoms with Gasteiger partial charge in [0.25, 0.3) is 0 Å². The van der Waals surface area contributed by atoms with Gasteiger partial charge in [-0.1, -0.05) is 73.7 Å². The van der Waals surface area contributed by atoms with Crippen LogP contribution in [0.4, 0.5) is 0 Å². The lowest BCUT2D eigenvalue weighted by Crippen LogP contribution is -2.30. The van der Waals surface area contributed by atoms with Crippen molar-refractivity contribution in [3.63, 3.8) is 0 Å². The van der Waals surface area contributed by atoms with Crippen molar-refractivity contribution in [3.05, 3.63) is 107 Å². The predicted octanol–water partition coefficient (Wildman–Crippen LogP) is 5.61. The molecule has 2 heterocycles. The first-order chi connectivity index (χ1) is 19.1. The molecule has 0 aliphatic carbocycles. The number of sulfonamides is 1. The highest BCUT2D eigenvalue weighted by Crippen LogP contribution is 2.31. The topological polar surface area (TPSA) is 93.9 Å². The van der Waals surface area contributed by atoms with E-state index in [2.05, 4.69) is 47.4 Å². The van der Waals surface area contributed by atoms with Gasteiger partial charge in [0.2, 0.25) is 15.9 Å². The maximum absolute atomic E-state index is 12.5. The molecule has 0 radical (unpaired) electrons. The molecule has 1 N–H and O–H groups in total. The molecule has 5 rings (SSSR count). The maximum Gasteiger partial charge on any atom is 0.237 e. The molecular weight excluding hydrogens is 520 g/mol. The van der Waals surface area contributed by atoms with E-state index in [1.165, 1.54) is 0 Å². The SMILES string of the molecule is CCc1nc2c(C)cc(C)nc2n1Cc1ccc(-c2cc(-c3ccccc3)ccc2CC(=O)NS(C)(=O)=O)cc1. The molecule has 40 heavy (non-hydrogen) atoms. The summed E-state index contributed by atoms with van der Waals surface area (Å²) < 4.78 is 27.5. The standard InChI is InChI=1S/C32H32N4O3S/c1-5-29-34-31-21(2)17-22(3)33-32(31)36(29)20-23-11-13-25(14-12-23)28-18-26(24-9-7-6-8-10-24)15-16-27(28)19-30(37)35-40(4,38)39/h6-18H,5,19-20H2,1-4H3,(H,35,37). The fraction of sp³-hybridized carbons (Fsp3) is 0.219. The lowest BCUT2D eigenvalue weighted by molar-refractivity contribution is -0.118. The number of benzene rings is 3. The van der Waals surface area contributed by atoms with Crippen LogP contribution in [0.3, 0.4) is 0 Å². The van der Waals surface area contributed by atoms with Crippen LogP contribution >= 0.6 is 0 Å². The molecule has 0 bridgehead atoms. The van der Waals surface area contributed by atoms with Gasteiger partial charge in [0.05, 0.1) is 19.2 Å². The van der Waals surface area contributed by atoms with Crippen LogP contribution < -0.4 is 4.72 Å². The summed E-state index contributed by atoms with van der Waals surface area (Å²) >= 11 is 0. The van der Waals surface area contributed by atoms with E-state index in [1.54, 1.807) is 0 Å². The lowest BCUT2D eigenvalue weighted by Gasteiger charge is -2.14. The van der Waals surface area contributed by atoms with Crippen molar-refractivity contribution in [1.29, 1.82) is 0 Å². The van der Waals surface area contributed by atoms with Crippen molar-refractivity contribution in [3.8, 4) is 22.3 Å². The summed E-state index contributed by atoms with van der Waals surface area (Å²) in [6.45, 7) is 6.81. The summed E-state index contributed by atoms with van der Waals surface area (Å²) in [5.41, 5.74) is 9.68. The minimum atomic E-state index is -3.64. The van der Waals surface area contributed by atoms with E-state index in [9.17, 15) is 13.2 Å². The second-order valence-electron chi connectivity index (χ2n) is 10.1. The van der Waals surface area contributed by atoms with Gasteiger partial charge in [-0.2, -0.15) is 0 Å². The third-order valence-corrected chi connectivity index (χ3v) is 7.49. The Labute approximate surface area is 235 Å². The molecule has 0 atom stereocenters. The van der Waals surface area contributed by atoms with Crippen LogP contribution in [0.25, 0.3) is 33.4 Å². The molecule has 0 fully saturated rings. The highest BCUT2D eigenvalue weighted by molar-refractivity contribution is 7.89. The minimum absolute atomic E-state index is 0.0511. The number of aromatic nitrogens is 3. The summed E-state index contributed by atoms with van der Waals surface area (Å²) in [6, 6.07) is 26.3. The first kappa shape index (κ1) is 27.3. The normalized spacial score (nSPS) is 11.6. The van der Waals surface area contributed by atoms with E-state index >= 15 is 0 Å². The molecule has 1 amide bonds.